The molecule has 126 valence electrons. The molecule has 2 bridgehead atoms. The third kappa shape index (κ3) is 2.48. The Hall–Kier alpha value is -2.46. The van der Waals surface area contributed by atoms with Gasteiger partial charge in [0.05, 0.1) is 5.69 Å². The maximum atomic E-state index is 5.90. The van der Waals surface area contributed by atoms with Gasteiger partial charge in [0.15, 0.2) is 0 Å². The molecule has 3 atom stereocenters. The predicted molar refractivity (Wildman–Crippen MR) is 101 cm³/mol. The van der Waals surface area contributed by atoms with Crippen molar-refractivity contribution in [2.24, 2.45) is 17.6 Å². The summed E-state index contributed by atoms with van der Waals surface area (Å²) in [6, 6.07) is 17.5. The first-order valence-corrected chi connectivity index (χ1v) is 9.11. The van der Waals surface area contributed by atoms with Crippen LogP contribution in [-0.4, -0.2) is 29.1 Å². The number of anilines is 1. The maximum Gasteiger partial charge on any atom is 0.226 e. The lowest BCUT2D eigenvalue weighted by Gasteiger charge is -2.31. The minimum atomic E-state index is 0.561. The van der Waals surface area contributed by atoms with Crippen LogP contribution in [0.3, 0.4) is 0 Å². The van der Waals surface area contributed by atoms with Crippen LogP contribution in [0, 0.1) is 11.8 Å². The van der Waals surface area contributed by atoms with E-state index in [1.54, 1.807) is 0 Å². The molecule has 25 heavy (non-hydrogen) atoms. The lowest BCUT2D eigenvalue weighted by Crippen LogP contribution is -2.38. The fourth-order valence-electron chi connectivity index (χ4n) is 4.59. The summed E-state index contributed by atoms with van der Waals surface area (Å²) in [5, 5.41) is 2.50. The van der Waals surface area contributed by atoms with Crippen LogP contribution >= 0.6 is 0 Å². The largest absolute Gasteiger partial charge is 0.338 e. The van der Waals surface area contributed by atoms with Crippen LogP contribution in [0.2, 0.25) is 0 Å². The van der Waals surface area contributed by atoms with Gasteiger partial charge in [0.1, 0.15) is 0 Å². The van der Waals surface area contributed by atoms with E-state index in [2.05, 4.69) is 52.3 Å². The molecule has 1 aliphatic heterocycles. The zero-order valence-corrected chi connectivity index (χ0v) is 14.2. The second-order valence-corrected chi connectivity index (χ2v) is 7.34. The summed E-state index contributed by atoms with van der Waals surface area (Å²) in [6.07, 6.45) is 4.31. The first-order valence-electron chi connectivity index (χ1n) is 9.11. The highest BCUT2D eigenvalue weighted by Gasteiger charge is 2.44. The van der Waals surface area contributed by atoms with E-state index in [0.29, 0.717) is 17.9 Å². The first kappa shape index (κ1) is 14.8. The average Bonchev–Trinajstić information content (AvgIpc) is 3.28. The monoisotopic (exact) mass is 330 g/mol. The molecule has 2 N–H and O–H groups in total. The second-order valence-electron chi connectivity index (χ2n) is 7.34. The van der Waals surface area contributed by atoms with Crippen molar-refractivity contribution in [3.63, 3.8) is 0 Å². The molecule has 0 amide bonds. The Labute approximate surface area is 147 Å². The average molecular weight is 330 g/mol. The van der Waals surface area contributed by atoms with Crippen LogP contribution in [0.1, 0.15) is 12.8 Å². The summed E-state index contributed by atoms with van der Waals surface area (Å²) in [6.45, 7) is 1.86. The number of nitrogens with two attached hydrogens (primary N) is 1. The first-order chi connectivity index (χ1) is 12.3. The Morgan fingerprint density at radius 2 is 1.92 bits per heavy atom. The number of piperidine rings is 1. The molecule has 2 heterocycles. The summed E-state index contributed by atoms with van der Waals surface area (Å²) >= 11 is 0. The molecular weight excluding hydrogens is 308 g/mol. The Balaban J connectivity index is 1.47. The lowest BCUT2D eigenvalue weighted by molar-refractivity contribution is 0.381. The Morgan fingerprint density at radius 3 is 2.72 bits per heavy atom. The van der Waals surface area contributed by atoms with Gasteiger partial charge in [-0.25, -0.2) is 9.97 Å². The van der Waals surface area contributed by atoms with Crippen molar-refractivity contribution in [1.29, 1.82) is 0 Å². The topological polar surface area (TPSA) is 55.0 Å². The molecule has 3 aromatic rings. The van der Waals surface area contributed by atoms with Crippen LogP contribution in [-0.2, 0) is 0 Å². The molecule has 0 radical (unpaired) electrons. The smallest absolute Gasteiger partial charge is 0.226 e. The van der Waals surface area contributed by atoms with Gasteiger partial charge < -0.3 is 10.6 Å². The van der Waals surface area contributed by atoms with E-state index >= 15 is 0 Å². The van der Waals surface area contributed by atoms with Gasteiger partial charge in [0.25, 0.3) is 0 Å². The van der Waals surface area contributed by atoms with Gasteiger partial charge in [0, 0.05) is 24.3 Å². The van der Waals surface area contributed by atoms with Crippen molar-refractivity contribution >= 4 is 16.7 Å². The Kier molecular flexibility index (Phi) is 3.45. The third-order valence-electron chi connectivity index (χ3n) is 5.94. The van der Waals surface area contributed by atoms with E-state index in [0.717, 1.165) is 30.3 Å². The maximum absolute atomic E-state index is 5.90. The highest BCUT2D eigenvalue weighted by Crippen LogP contribution is 2.42. The van der Waals surface area contributed by atoms with Crippen LogP contribution < -0.4 is 10.6 Å². The molecule has 1 saturated carbocycles. The molecule has 1 aromatic heterocycles. The van der Waals surface area contributed by atoms with Crippen molar-refractivity contribution in [1.82, 2.24) is 9.97 Å². The molecule has 1 aliphatic carbocycles. The Bertz CT molecular complexity index is 922. The number of fused-ring (bicyclic) bond motifs is 3. The van der Waals surface area contributed by atoms with E-state index in [-0.39, 0.29) is 0 Å². The minimum absolute atomic E-state index is 0.561. The van der Waals surface area contributed by atoms with E-state index < -0.39 is 0 Å². The molecule has 0 unspecified atom stereocenters. The van der Waals surface area contributed by atoms with Crippen molar-refractivity contribution in [3.8, 4) is 11.3 Å². The van der Waals surface area contributed by atoms with E-state index in [4.69, 9.17) is 10.7 Å². The quantitative estimate of drug-likeness (QED) is 0.799. The second kappa shape index (κ2) is 5.81. The molecule has 1 saturated heterocycles. The summed E-state index contributed by atoms with van der Waals surface area (Å²) in [5.74, 6) is 2.27. The number of benzene rings is 2. The number of rotatable bonds is 3. The lowest BCUT2D eigenvalue weighted by atomic mass is 9.95. The molecule has 4 nitrogen and oxygen atoms in total. The Morgan fingerprint density at radius 1 is 1.04 bits per heavy atom. The van der Waals surface area contributed by atoms with Crippen LogP contribution in [0.4, 0.5) is 5.95 Å². The highest BCUT2D eigenvalue weighted by atomic mass is 15.3. The number of hydrogen-bond donors (Lipinski definition) is 1. The van der Waals surface area contributed by atoms with E-state index in [1.807, 2.05) is 12.3 Å². The summed E-state index contributed by atoms with van der Waals surface area (Å²) in [5.41, 5.74) is 8.04. The zero-order valence-electron chi connectivity index (χ0n) is 14.2. The molecule has 4 heteroatoms. The molecule has 5 rings (SSSR count). The standard InChI is InChI=1S/C21H22N4/c22-12-17-10-19-11-18(17)13-25(19)21-23-8-7-20(24-21)16-6-5-14-3-1-2-4-15(14)9-16/h1-9,17-19H,10-13,22H2/t17-,18+,19-/m0/s1. The van der Waals surface area contributed by atoms with Crippen molar-refractivity contribution < 1.29 is 0 Å². The third-order valence-corrected chi connectivity index (χ3v) is 5.94. The summed E-state index contributed by atoms with van der Waals surface area (Å²) < 4.78 is 0. The fraction of sp³-hybridized carbons (Fsp3) is 0.333. The van der Waals surface area contributed by atoms with Crippen LogP contribution in [0.25, 0.3) is 22.0 Å². The van der Waals surface area contributed by atoms with Gasteiger partial charge in [-0.2, -0.15) is 0 Å². The molecular formula is C21H22N4. The molecule has 2 aliphatic rings. The predicted octanol–water partition coefficient (Wildman–Crippen LogP) is 3.47. The van der Waals surface area contributed by atoms with Gasteiger partial charge in [-0.3, -0.25) is 0 Å². The van der Waals surface area contributed by atoms with Crippen molar-refractivity contribution in [3.05, 3.63) is 54.7 Å². The van der Waals surface area contributed by atoms with Gasteiger partial charge in [-0.05, 0) is 54.1 Å². The fourth-order valence-corrected chi connectivity index (χ4v) is 4.59. The highest BCUT2D eigenvalue weighted by molar-refractivity contribution is 5.86. The minimum Gasteiger partial charge on any atom is -0.338 e. The normalized spacial score (nSPS) is 25.0. The summed E-state index contributed by atoms with van der Waals surface area (Å²) in [7, 11) is 0. The van der Waals surface area contributed by atoms with Gasteiger partial charge in [-0.15, -0.1) is 0 Å². The number of aromatic nitrogens is 2. The van der Waals surface area contributed by atoms with Gasteiger partial charge >= 0.3 is 0 Å². The van der Waals surface area contributed by atoms with Gasteiger partial charge in [-0.1, -0.05) is 36.4 Å². The van der Waals surface area contributed by atoms with Crippen molar-refractivity contribution in [2.75, 3.05) is 18.0 Å². The summed E-state index contributed by atoms with van der Waals surface area (Å²) in [4.78, 5) is 11.8. The van der Waals surface area contributed by atoms with E-state index in [1.165, 1.54) is 23.6 Å². The molecule has 0 spiro atoms. The number of hydrogen-bond acceptors (Lipinski definition) is 4. The van der Waals surface area contributed by atoms with E-state index in [9.17, 15) is 0 Å². The molecule has 2 aromatic carbocycles. The zero-order chi connectivity index (χ0) is 16.8. The van der Waals surface area contributed by atoms with Gasteiger partial charge in [0.2, 0.25) is 5.95 Å². The SMILES string of the molecule is NC[C@@H]1C[C@H]2C[C@@H]1CN2c1nccc(-c2ccc3ccccc3c2)n1. The van der Waals surface area contributed by atoms with Crippen molar-refractivity contribution in [2.45, 2.75) is 18.9 Å². The molecule has 2 fully saturated rings. The van der Waals surface area contributed by atoms with Crippen LogP contribution in [0.15, 0.2) is 54.7 Å². The number of nitrogens with zero attached hydrogens (tertiary/aromatic N) is 3. The van der Waals surface area contributed by atoms with Crippen LogP contribution in [0.5, 0.6) is 0 Å².